The van der Waals surface area contributed by atoms with Crippen molar-refractivity contribution in [2.75, 3.05) is 33.8 Å². The first-order chi connectivity index (χ1) is 9.04. The lowest BCUT2D eigenvalue weighted by Gasteiger charge is -2.11. The number of hydrogen-bond donors (Lipinski definition) is 2. The number of carbonyl (C=O) groups excluding carboxylic acids is 1. The predicted octanol–water partition coefficient (Wildman–Crippen LogP) is 0.461. The number of aliphatic hydroxyl groups is 1. The fourth-order valence-corrected chi connectivity index (χ4v) is 1.44. The van der Waals surface area contributed by atoms with Crippen LogP contribution in [0.2, 0.25) is 0 Å². The number of carbonyl (C=O) groups is 1. The van der Waals surface area contributed by atoms with Crippen LogP contribution in [-0.2, 0) is 0 Å². The number of nitrogens with one attached hydrogen (secondary N) is 1. The molecular formula is C14H17FN2O2. The van der Waals surface area contributed by atoms with Gasteiger partial charge < -0.3 is 15.3 Å². The third-order valence-corrected chi connectivity index (χ3v) is 2.37. The molecule has 4 nitrogen and oxygen atoms in total. The van der Waals surface area contributed by atoms with Crippen molar-refractivity contribution in [1.29, 1.82) is 0 Å². The lowest BCUT2D eigenvalue weighted by molar-refractivity contribution is 0.0951. The summed E-state index contributed by atoms with van der Waals surface area (Å²) >= 11 is 0. The number of amides is 1. The van der Waals surface area contributed by atoms with Crippen molar-refractivity contribution in [3.05, 3.63) is 35.1 Å². The van der Waals surface area contributed by atoms with Gasteiger partial charge in [0.15, 0.2) is 0 Å². The van der Waals surface area contributed by atoms with Crippen molar-refractivity contribution < 1.29 is 14.3 Å². The molecule has 0 atom stereocenters. The number of rotatable bonds is 4. The van der Waals surface area contributed by atoms with Crippen molar-refractivity contribution >= 4 is 5.91 Å². The Labute approximate surface area is 112 Å². The molecule has 0 fully saturated rings. The van der Waals surface area contributed by atoms with Gasteiger partial charge in [-0.2, -0.15) is 0 Å². The molecule has 0 heterocycles. The Bertz CT molecular complexity index is 504. The van der Waals surface area contributed by atoms with Crippen LogP contribution in [0, 0.1) is 17.7 Å². The van der Waals surface area contributed by atoms with Crippen molar-refractivity contribution in [2.24, 2.45) is 0 Å². The normalized spacial score (nSPS) is 9.95. The summed E-state index contributed by atoms with van der Waals surface area (Å²) in [6, 6.07) is 3.79. The Morgan fingerprint density at radius 3 is 2.84 bits per heavy atom. The van der Waals surface area contributed by atoms with Gasteiger partial charge in [-0.1, -0.05) is 11.8 Å². The Hall–Kier alpha value is -1.90. The molecule has 0 spiro atoms. The Kier molecular flexibility index (Phi) is 6.00. The van der Waals surface area contributed by atoms with Crippen LogP contribution in [0.15, 0.2) is 18.2 Å². The minimum atomic E-state index is -0.466. The summed E-state index contributed by atoms with van der Waals surface area (Å²) in [7, 11) is 3.81. The van der Waals surface area contributed by atoms with Crippen LogP contribution in [0.5, 0.6) is 0 Å². The first kappa shape index (κ1) is 15.2. The lowest BCUT2D eigenvalue weighted by Crippen LogP contribution is -2.31. The highest BCUT2D eigenvalue weighted by Gasteiger charge is 2.10. The minimum Gasteiger partial charge on any atom is -0.384 e. The molecule has 1 rings (SSSR count). The zero-order valence-electron chi connectivity index (χ0n) is 11.0. The highest BCUT2D eigenvalue weighted by Crippen LogP contribution is 2.10. The van der Waals surface area contributed by atoms with Crippen molar-refractivity contribution in [3.8, 4) is 11.8 Å². The summed E-state index contributed by atoms with van der Waals surface area (Å²) in [4.78, 5) is 13.9. The summed E-state index contributed by atoms with van der Waals surface area (Å²) in [5.74, 6) is 4.22. The van der Waals surface area contributed by atoms with E-state index in [1.807, 2.05) is 19.0 Å². The molecule has 102 valence electrons. The molecule has 19 heavy (non-hydrogen) atoms. The van der Waals surface area contributed by atoms with Gasteiger partial charge in [0.2, 0.25) is 0 Å². The molecule has 5 heteroatoms. The van der Waals surface area contributed by atoms with Crippen LogP contribution in [0.3, 0.4) is 0 Å². The van der Waals surface area contributed by atoms with E-state index in [4.69, 9.17) is 5.11 Å². The number of benzene rings is 1. The van der Waals surface area contributed by atoms with Gasteiger partial charge in [0.05, 0.1) is 5.56 Å². The van der Waals surface area contributed by atoms with Crippen molar-refractivity contribution in [3.63, 3.8) is 0 Å². The third kappa shape index (κ3) is 5.08. The smallest absolute Gasteiger partial charge is 0.252 e. The van der Waals surface area contributed by atoms with Gasteiger partial charge in [-0.05, 0) is 32.3 Å². The molecule has 0 aliphatic carbocycles. The lowest BCUT2D eigenvalue weighted by atomic mass is 10.1. The van der Waals surface area contributed by atoms with E-state index >= 15 is 0 Å². The molecule has 2 N–H and O–H groups in total. The summed E-state index contributed by atoms with van der Waals surface area (Å²) in [6.45, 7) is 0.874. The molecule has 1 amide bonds. The molecule has 0 aromatic heterocycles. The molecular weight excluding hydrogens is 247 g/mol. The van der Waals surface area contributed by atoms with Crippen LogP contribution < -0.4 is 5.32 Å². The average Bonchev–Trinajstić information content (AvgIpc) is 2.35. The summed E-state index contributed by atoms with van der Waals surface area (Å²) in [5, 5.41) is 11.4. The Morgan fingerprint density at radius 1 is 1.47 bits per heavy atom. The number of hydrogen-bond acceptors (Lipinski definition) is 3. The fourth-order valence-electron chi connectivity index (χ4n) is 1.44. The molecule has 0 aliphatic heterocycles. The molecule has 0 aliphatic rings. The van der Waals surface area contributed by atoms with Gasteiger partial charge in [0, 0.05) is 18.7 Å². The Balaban J connectivity index is 2.83. The van der Waals surface area contributed by atoms with E-state index in [2.05, 4.69) is 17.2 Å². The van der Waals surface area contributed by atoms with Gasteiger partial charge in [-0.25, -0.2) is 4.39 Å². The van der Waals surface area contributed by atoms with Gasteiger partial charge in [-0.3, -0.25) is 4.79 Å². The molecule has 0 saturated heterocycles. The van der Waals surface area contributed by atoms with E-state index in [9.17, 15) is 9.18 Å². The SMILES string of the molecule is CN(C)CCNC(=O)c1ccc(F)cc1C#CCO. The number of halogens is 1. The zero-order valence-corrected chi connectivity index (χ0v) is 11.0. The van der Waals surface area contributed by atoms with E-state index in [1.165, 1.54) is 18.2 Å². The van der Waals surface area contributed by atoms with Crippen LogP contribution in [0.25, 0.3) is 0 Å². The largest absolute Gasteiger partial charge is 0.384 e. The van der Waals surface area contributed by atoms with Crippen molar-refractivity contribution in [1.82, 2.24) is 10.2 Å². The maximum Gasteiger partial charge on any atom is 0.252 e. The van der Waals surface area contributed by atoms with Crippen LogP contribution >= 0.6 is 0 Å². The van der Waals surface area contributed by atoms with E-state index in [0.29, 0.717) is 18.7 Å². The van der Waals surface area contributed by atoms with E-state index in [0.717, 1.165) is 0 Å². The second-order valence-electron chi connectivity index (χ2n) is 4.21. The van der Waals surface area contributed by atoms with Crippen LogP contribution in [-0.4, -0.2) is 49.7 Å². The minimum absolute atomic E-state index is 0.274. The van der Waals surface area contributed by atoms with Gasteiger partial charge in [0.1, 0.15) is 12.4 Å². The molecule has 0 unspecified atom stereocenters. The molecule has 0 bridgehead atoms. The average molecular weight is 264 g/mol. The van der Waals surface area contributed by atoms with Gasteiger partial charge in [0.25, 0.3) is 5.91 Å². The summed E-state index contributed by atoms with van der Waals surface area (Å²) in [5.41, 5.74) is 0.581. The second-order valence-corrected chi connectivity index (χ2v) is 4.21. The van der Waals surface area contributed by atoms with E-state index in [1.54, 1.807) is 0 Å². The molecule has 1 aromatic carbocycles. The number of nitrogens with zero attached hydrogens (tertiary/aromatic N) is 1. The first-order valence-corrected chi connectivity index (χ1v) is 5.87. The summed E-state index contributed by atoms with van der Waals surface area (Å²) in [6.07, 6.45) is 0. The molecule has 0 radical (unpaired) electrons. The Morgan fingerprint density at radius 2 is 2.21 bits per heavy atom. The number of likely N-dealkylation sites (N-methyl/N-ethyl adjacent to an activating group) is 1. The molecule has 1 aromatic rings. The third-order valence-electron chi connectivity index (χ3n) is 2.37. The van der Waals surface area contributed by atoms with Gasteiger partial charge in [-0.15, -0.1) is 0 Å². The standard InChI is InChI=1S/C14H17FN2O2/c1-17(2)8-7-16-14(19)13-6-5-12(15)10-11(13)4-3-9-18/h5-6,10,18H,7-9H2,1-2H3,(H,16,19). The maximum atomic E-state index is 13.1. The fraction of sp³-hybridized carbons (Fsp3) is 0.357. The van der Waals surface area contributed by atoms with Gasteiger partial charge >= 0.3 is 0 Å². The zero-order chi connectivity index (χ0) is 14.3. The maximum absolute atomic E-state index is 13.1. The number of aliphatic hydroxyl groups excluding tert-OH is 1. The quantitative estimate of drug-likeness (QED) is 0.777. The summed E-state index contributed by atoms with van der Waals surface area (Å²) < 4.78 is 13.1. The highest BCUT2D eigenvalue weighted by molar-refractivity contribution is 5.96. The predicted molar refractivity (Wildman–Crippen MR) is 71.3 cm³/mol. The topological polar surface area (TPSA) is 52.6 Å². The van der Waals surface area contributed by atoms with E-state index in [-0.39, 0.29) is 18.1 Å². The monoisotopic (exact) mass is 264 g/mol. The van der Waals surface area contributed by atoms with Crippen LogP contribution in [0.4, 0.5) is 4.39 Å². The van der Waals surface area contributed by atoms with E-state index < -0.39 is 5.82 Å². The second kappa shape index (κ2) is 7.52. The van der Waals surface area contributed by atoms with Crippen molar-refractivity contribution in [2.45, 2.75) is 0 Å². The van der Waals surface area contributed by atoms with Crippen LogP contribution in [0.1, 0.15) is 15.9 Å². The molecule has 0 saturated carbocycles. The highest BCUT2D eigenvalue weighted by atomic mass is 19.1. The first-order valence-electron chi connectivity index (χ1n) is 5.87.